The lowest BCUT2D eigenvalue weighted by Gasteiger charge is -2.29. The normalized spacial score (nSPS) is 25.3. The number of ketones is 1. The van der Waals surface area contributed by atoms with E-state index in [2.05, 4.69) is 0 Å². The van der Waals surface area contributed by atoms with E-state index in [9.17, 15) is 13.8 Å². The Morgan fingerprint density at radius 2 is 1.94 bits per heavy atom. The highest BCUT2D eigenvalue weighted by Gasteiger charge is 2.56. The molecule has 0 amide bonds. The van der Waals surface area contributed by atoms with E-state index >= 15 is 0 Å². The minimum absolute atomic E-state index is 0.0691. The van der Waals surface area contributed by atoms with E-state index in [-0.39, 0.29) is 12.0 Å². The molecule has 0 saturated heterocycles. The molecule has 4 nitrogen and oxygen atoms in total. The first-order chi connectivity index (χ1) is 7.36. The molecule has 0 heterocycles. The fourth-order valence-corrected chi connectivity index (χ4v) is 2.65. The van der Waals surface area contributed by atoms with E-state index < -0.39 is 25.2 Å². The van der Waals surface area contributed by atoms with Crippen molar-refractivity contribution in [1.29, 1.82) is 0 Å². The van der Waals surface area contributed by atoms with Gasteiger partial charge in [-0.15, -0.1) is 0 Å². The lowest BCUT2D eigenvalue weighted by atomic mass is 9.89. The Morgan fingerprint density at radius 1 is 1.31 bits per heavy atom. The Labute approximate surface area is 91.3 Å². The van der Waals surface area contributed by atoms with Gasteiger partial charge in [0.2, 0.25) is 5.78 Å². The highest BCUT2D eigenvalue weighted by Crippen LogP contribution is 2.57. The number of carbonyl (C=O) groups is 1. The Hall–Kier alpha value is -1.03. The van der Waals surface area contributed by atoms with Gasteiger partial charge in [-0.2, -0.15) is 0 Å². The van der Waals surface area contributed by atoms with Crippen molar-refractivity contribution in [3.8, 4) is 0 Å². The molecule has 0 saturated carbocycles. The number of hydrogen-bond acceptors (Lipinski definition) is 2. The van der Waals surface area contributed by atoms with Crippen molar-refractivity contribution in [3.63, 3.8) is 0 Å². The van der Waals surface area contributed by atoms with Gasteiger partial charge in [0.1, 0.15) is 0 Å². The zero-order valence-corrected chi connectivity index (χ0v) is 9.15. The van der Waals surface area contributed by atoms with E-state index in [1.807, 2.05) is 0 Å². The van der Waals surface area contributed by atoms with Crippen LogP contribution in [0.5, 0.6) is 0 Å². The summed E-state index contributed by atoms with van der Waals surface area (Å²) in [6, 6.07) is 6.30. The molecule has 2 rings (SSSR count). The largest absolute Gasteiger partial charge is 0.370 e. The molecular weight excluding hydrogens is 234 g/mol. The first-order valence-electron chi connectivity index (χ1n) is 4.73. The average Bonchev–Trinajstić information content (AvgIpc) is 2.22. The van der Waals surface area contributed by atoms with Gasteiger partial charge >= 0.3 is 7.60 Å². The van der Waals surface area contributed by atoms with E-state index in [0.717, 1.165) is 0 Å². The van der Waals surface area contributed by atoms with Crippen LogP contribution in [-0.4, -0.2) is 21.0 Å². The van der Waals surface area contributed by atoms with Gasteiger partial charge in [0.25, 0.3) is 5.41 Å². The summed E-state index contributed by atoms with van der Waals surface area (Å²) < 4.78 is 25.1. The molecule has 0 fully saturated rings. The van der Waals surface area contributed by atoms with Gasteiger partial charge in [0.15, 0.2) is 0 Å². The summed E-state index contributed by atoms with van der Waals surface area (Å²) >= 11 is 0. The molecule has 1 aromatic carbocycles. The number of carbonyl (C=O) groups excluding carboxylic acids is 1. The summed E-state index contributed by atoms with van der Waals surface area (Å²) in [5.74, 6) is -1.11. The van der Waals surface area contributed by atoms with Gasteiger partial charge in [-0.05, 0) is 12.0 Å². The molecule has 0 aromatic heterocycles. The van der Waals surface area contributed by atoms with Gasteiger partial charge in [-0.1, -0.05) is 24.3 Å². The van der Waals surface area contributed by atoms with Crippen molar-refractivity contribution in [2.45, 2.75) is 18.3 Å². The zero-order valence-electron chi connectivity index (χ0n) is 8.26. The van der Waals surface area contributed by atoms with Crippen LogP contribution in [0, 0.1) is 0 Å². The quantitative estimate of drug-likeness (QED) is 0.736. The van der Waals surface area contributed by atoms with Crippen LogP contribution in [0.1, 0.15) is 22.3 Å². The Morgan fingerprint density at radius 3 is 2.56 bits per heavy atom. The third-order valence-electron chi connectivity index (χ3n) is 2.80. The highest BCUT2D eigenvalue weighted by atomic mass is 31.2. The van der Waals surface area contributed by atoms with Gasteiger partial charge in [0.05, 0.1) is 0 Å². The first-order valence-corrected chi connectivity index (χ1v) is 6.35. The molecule has 86 valence electrons. The number of benzene rings is 1. The summed E-state index contributed by atoms with van der Waals surface area (Å²) in [6.45, 7) is 0. The lowest BCUT2D eigenvalue weighted by molar-refractivity contribution is 0.0752. The van der Waals surface area contributed by atoms with Gasteiger partial charge in [-0.25, -0.2) is 4.39 Å². The molecule has 0 aliphatic heterocycles. The molecule has 0 bridgehead atoms. The number of aryl methyl sites for hydroxylation is 1. The standard InChI is InChI=1S/C10H10FO4P/c11-10(16(13,14)15)6-5-7-3-1-2-4-8(7)9(10)12/h1-4H,5-6H2,(H2,13,14,15)/t10-/m0/s1. The molecular formula is C10H10FO4P. The number of alkyl halides is 1. The Kier molecular flexibility index (Phi) is 2.49. The maximum Gasteiger partial charge on any atom is 0.370 e. The van der Waals surface area contributed by atoms with Crippen molar-refractivity contribution >= 4 is 13.4 Å². The fourth-order valence-electron chi connectivity index (χ4n) is 1.86. The second-order valence-electron chi connectivity index (χ2n) is 3.79. The van der Waals surface area contributed by atoms with E-state index in [4.69, 9.17) is 9.79 Å². The third kappa shape index (κ3) is 1.52. The van der Waals surface area contributed by atoms with Crippen molar-refractivity contribution in [2.24, 2.45) is 0 Å². The maximum absolute atomic E-state index is 14.0. The smallest absolute Gasteiger partial charge is 0.322 e. The van der Waals surface area contributed by atoms with E-state index in [0.29, 0.717) is 5.56 Å². The molecule has 1 aromatic rings. The Balaban J connectivity index is 2.54. The van der Waals surface area contributed by atoms with Crippen LogP contribution in [0.3, 0.4) is 0 Å². The van der Waals surface area contributed by atoms with Crippen LogP contribution >= 0.6 is 7.60 Å². The molecule has 1 aliphatic carbocycles. The van der Waals surface area contributed by atoms with Gasteiger partial charge in [0, 0.05) is 12.0 Å². The van der Waals surface area contributed by atoms with Crippen LogP contribution in [0.2, 0.25) is 0 Å². The van der Waals surface area contributed by atoms with Crippen LogP contribution in [-0.2, 0) is 11.0 Å². The second-order valence-corrected chi connectivity index (χ2v) is 5.59. The number of Topliss-reactive ketones (excluding diaryl/α,β-unsaturated/α-hetero) is 1. The fraction of sp³-hybridized carbons (Fsp3) is 0.300. The molecule has 6 heteroatoms. The van der Waals surface area contributed by atoms with Crippen molar-refractivity contribution in [1.82, 2.24) is 0 Å². The molecule has 1 aliphatic rings. The molecule has 0 unspecified atom stereocenters. The second kappa shape index (κ2) is 3.48. The molecule has 0 radical (unpaired) electrons. The SMILES string of the molecule is O=C1c2ccccc2CC[C@]1(F)P(=O)(O)O. The number of rotatable bonds is 1. The number of halogens is 1. The molecule has 0 spiro atoms. The summed E-state index contributed by atoms with van der Waals surface area (Å²) in [5, 5.41) is -3.05. The average molecular weight is 244 g/mol. The summed E-state index contributed by atoms with van der Waals surface area (Å²) in [4.78, 5) is 29.5. The first kappa shape index (κ1) is 11.5. The summed E-state index contributed by atoms with van der Waals surface area (Å²) in [7, 11) is -5.08. The van der Waals surface area contributed by atoms with Gasteiger partial charge in [-0.3, -0.25) is 9.36 Å². The topological polar surface area (TPSA) is 74.6 Å². The maximum atomic E-state index is 14.0. The van der Waals surface area contributed by atoms with Crippen LogP contribution < -0.4 is 0 Å². The predicted molar refractivity (Wildman–Crippen MR) is 55.0 cm³/mol. The summed E-state index contributed by atoms with van der Waals surface area (Å²) in [5.41, 5.74) is 0.703. The van der Waals surface area contributed by atoms with Crippen molar-refractivity contribution < 1.29 is 23.5 Å². The third-order valence-corrected chi connectivity index (χ3v) is 4.15. The molecule has 2 N–H and O–H groups in total. The van der Waals surface area contributed by atoms with E-state index in [1.165, 1.54) is 6.07 Å². The monoisotopic (exact) mass is 244 g/mol. The van der Waals surface area contributed by atoms with Crippen molar-refractivity contribution in [3.05, 3.63) is 35.4 Å². The van der Waals surface area contributed by atoms with Crippen molar-refractivity contribution in [2.75, 3.05) is 0 Å². The van der Waals surface area contributed by atoms with Crippen LogP contribution in [0.15, 0.2) is 24.3 Å². The number of fused-ring (bicyclic) bond motifs is 1. The molecule has 1 atom stereocenters. The van der Waals surface area contributed by atoms with Gasteiger partial charge < -0.3 is 9.79 Å². The zero-order chi connectivity index (χ0) is 12.0. The minimum Gasteiger partial charge on any atom is -0.322 e. The van der Waals surface area contributed by atoms with Crippen LogP contribution in [0.25, 0.3) is 0 Å². The Bertz CT molecular complexity index is 495. The predicted octanol–water partition coefficient (Wildman–Crippen LogP) is 1.66. The van der Waals surface area contributed by atoms with Crippen LogP contribution in [0.4, 0.5) is 4.39 Å². The van der Waals surface area contributed by atoms with E-state index in [1.54, 1.807) is 18.2 Å². The highest BCUT2D eigenvalue weighted by molar-refractivity contribution is 7.54. The number of hydrogen-bond donors (Lipinski definition) is 2. The lowest BCUT2D eigenvalue weighted by Crippen LogP contribution is -2.38. The summed E-state index contributed by atoms with van der Waals surface area (Å²) in [6.07, 6.45) is -0.309. The minimum atomic E-state index is -5.08. The molecule has 16 heavy (non-hydrogen) atoms.